The number of allylic oxidation sites excluding steroid dienone is 3. The number of rotatable bonds is 63. The highest BCUT2D eigenvalue weighted by atomic mass is 16.5. The number of hydrogen-bond donors (Lipinski definition) is 3. The summed E-state index contributed by atoms with van der Waals surface area (Å²) in [4.78, 5) is 24.5. The summed E-state index contributed by atoms with van der Waals surface area (Å²) in [6.45, 7) is 4.87. The molecule has 1 amide bonds. The number of unbranched alkanes of at least 4 members (excludes halogenated alkanes) is 48. The maximum atomic E-state index is 12.5. The molecule has 0 saturated heterocycles. The topological polar surface area (TPSA) is 95.9 Å². The van der Waals surface area contributed by atoms with Crippen molar-refractivity contribution >= 4 is 11.9 Å². The number of carbonyl (C=O) groups excluding carboxylic acids is 2. The molecule has 74 heavy (non-hydrogen) atoms. The highest BCUT2D eigenvalue weighted by Gasteiger charge is 2.20. The number of carbonyl (C=O) groups is 2. The van der Waals surface area contributed by atoms with Crippen LogP contribution >= 0.6 is 0 Å². The maximum Gasteiger partial charge on any atom is 0.305 e. The Morgan fingerprint density at radius 1 is 0.378 bits per heavy atom. The minimum atomic E-state index is -0.669. The average Bonchev–Trinajstić information content (AvgIpc) is 3.40. The zero-order chi connectivity index (χ0) is 53.6. The van der Waals surface area contributed by atoms with E-state index in [0.29, 0.717) is 25.9 Å². The molecule has 0 bridgehead atoms. The molecule has 0 fully saturated rings. The smallest absolute Gasteiger partial charge is 0.305 e. The molecule has 0 radical (unpaired) electrons. The first-order valence-corrected chi connectivity index (χ1v) is 33.6. The van der Waals surface area contributed by atoms with E-state index in [4.69, 9.17) is 4.74 Å². The summed E-state index contributed by atoms with van der Waals surface area (Å²) in [7, 11) is 0. The third-order valence-corrected chi connectivity index (χ3v) is 15.8. The van der Waals surface area contributed by atoms with Crippen LogP contribution in [0.15, 0.2) is 24.3 Å². The monoisotopic (exact) mass is 1040 g/mol. The molecule has 0 aromatic rings. The molecule has 0 saturated carbocycles. The molecule has 6 nitrogen and oxygen atoms in total. The van der Waals surface area contributed by atoms with E-state index < -0.39 is 12.1 Å². The molecule has 0 spiro atoms. The van der Waals surface area contributed by atoms with Gasteiger partial charge in [-0.25, -0.2) is 0 Å². The van der Waals surface area contributed by atoms with Crippen molar-refractivity contribution in [3.63, 3.8) is 0 Å². The molecule has 2 atom stereocenters. The predicted molar refractivity (Wildman–Crippen MR) is 324 cm³/mol. The van der Waals surface area contributed by atoms with E-state index in [9.17, 15) is 19.8 Å². The molecule has 6 heteroatoms. The molecule has 0 aliphatic rings. The molecule has 0 aromatic carbocycles. The normalized spacial score (nSPS) is 12.6. The van der Waals surface area contributed by atoms with E-state index in [1.54, 1.807) is 0 Å². The minimum absolute atomic E-state index is 0.0347. The number of aliphatic hydroxyl groups excluding tert-OH is 2. The molecule has 0 aliphatic carbocycles. The van der Waals surface area contributed by atoms with E-state index in [1.165, 1.54) is 289 Å². The summed E-state index contributed by atoms with van der Waals surface area (Å²) in [6, 6.07) is -0.546. The zero-order valence-corrected chi connectivity index (χ0v) is 50.1. The van der Waals surface area contributed by atoms with Crippen LogP contribution in [0.5, 0.6) is 0 Å². The lowest BCUT2D eigenvalue weighted by molar-refractivity contribution is -0.143. The second kappa shape index (κ2) is 63.9. The van der Waals surface area contributed by atoms with Crippen LogP contribution in [-0.4, -0.2) is 47.4 Å². The quantitative estimate of drug-likeness (QED) is 0.0320. The van der Waals surface area contributed by atoms with Gasteiger partial charge in [0.05, 0.1) is 25.4 Å². The molecule has 438 valence electrons. The van der Waals surface area contributed by atoms with Crippen LogP contribution in [0.25, 0.3) is 0 Å². The molecule has 0 rings (SSSR count). The van der Waals surface area contributed by atoms with E-state index in [1.807, 2.05) is 0 Å². The average molecular weight is 1040 g/mol. The van der Waals surface area contributed by atoms with Crippen molar-refractivity contribution in [2.75, 3.05) is 13.2 Å². The number of hydrogen-bond acceptors (Lipinski definition) is 5. The SMILES string of the molecule is CCCCCCCCCCCCCCCCCCCCCCCCCCCC(O)C(CO)NC(=O)CCCCCCCCCCCCCCCC/C=C\C/C=C\CCOC(=O)CCCCCCCCCCCCC. The van der Waals surface area contributed by atoms with Crippen molar-refractivity contribution < 1.29 is 24.5 Å². The number of aliphatic hydroxyl groups is 2. The molecular weight excluding hydrogens is 911 g/mol. The number of ether oxygens (including phenoxy) is 1. The maximum absolute atomic E-state index is 12.5. The second-order valence-corrected chi connectivity index (χ2v) is 23.2. The Hall–Kier alpha value is -1.66. The van der Waals surface area contributed by atoms with E-state index >= 15 is 0 Å². The Labute approximate surface area is 462 Å². The van der Waals surface area contributed by atoms with Crippen molar-refractivity contribution in [1.29, 1.82) is 0 Å². The first-order chi connectivity index (χ1) is 36.5. The van der Waals surface area contributed by atoms with E-state index in [2.05, 4.69) is 43.5 Å². The van der Waals surface area contributed by atoms with Gasteiger partial charge in [-0.2, -0.15) is 0 Å². The predicted octanol–water partition coefficient (Wildman–Crippen LogP) is 21.4. The van der Waals surface area contributed by atoms with Gasteiger partial charge in [0, 0.05) is 12.8 Å². The summed E-state index contributed by atoms with van der Waals surface area (Å²) >= 11 is 0. The van der Waals surface area contributed by atoms with Gasteiger partial charge in [-0.05, 0) is 44.9 Å². The number of amides is 1. The third kappa shape index (κ3) is 59.6. The van der Waals surface area contributed by atoms with Crippen LogP contribution in [-0.2, 0) is 14.3 Å². The molecule has 0 aromatic heterocycles. The van der Waals surface area contributed by atoms with E-state index in [-0.39, 0.29) is 18.5 Å². The van der Waals surface area contributed by atoms with Gasteiger partial charge in [0.2, 0.25) is 5.91 Å². The molecular formula is C68H131NO5. The number of nitrogens with one attached hydrogen (secondary N) is 1. The van der Waals surface area contributed by atoms with Crippen molar-refractivity contribution in [2.45, 2.75) is 386 Å². The highest BCUT2D eigenvalue weighted by Crippen LogP contribution is 2.19. The lowest BCUT2D eigenvalue weighted by Gasteiger charge is -2.22. The largest absolute Gasteiger partial charge is 0.465 e. The first-order valence-electron chi connectivity index (χ1n) is 33.6. The Balaban J connectivity index is 3.44. The fourth-order valence-corrected chi connectivity index (χ4v) is 10.7. The standard InChI is InChI=1S/C68H131NO5/c1-3-5-7-9-11-13-15-16-17-18-19-20-21-22-23-25-28-31-34-37-41-44-48-52-56-60-66(71)65(64-70)69-67(72)61-57-53-49-45-42-38-35-32-29-26-24-27-30-33-36-39-43-47-51-55-59-63-74-68(73)62-58-54-50-46-40-14-12-10-8-6-4-2/h39,43,51,55,65-66,70-71H,3-38,40-42,44-50,52-54,56-64H2,1-2H3,(H,69,72)/b43-39-,55-51-. The van der Waals surface area contributed by atoms with Crippen LogP contribution in [0.2, 0.25) is 0 Å². The lowest BCUT2D eigenvalue weighted by Crippen LogP contribution is -2.45. The zero-order valence-electron chi connectivity index (χ0n) is 50.1. The summed E-state index contributed by atoms with van der Waals surface area (Å²) in [5.41, 5.74) is 0. The molecule has 2 unspecified atom stereocenters. The Bertz CT molecular complexity index is 1150. The van der Waals surface area contributed by atoms with Gasteiger partial charge in [0.25, 0.3) is 0 Å². The van der Waals surface area contributed by atoms with Crippen molar-refractivity contribution in [3.8, 4) is 0 Å². The van der Waals surface area contributed by atoms with Gasteiger partial charge in [-0.3, -0.25) is 9.59 Å². The van der Waals surface area contributed by atoms with Crippen LogP contribution < -0.4 is 5.32 Å². The summed E-state index contributed by atoms with van der Waals surface area (Å²) in [5.74, 6) is -0.0699. The van der Waals surface area contributed by atoms with Gasteiger partial charge < -0.3 is 20.3 Å². The minimum Gasteiger partial charge on any atom is -0.465 e. The van der Waals surface area contributed by atoms with E-state index in [0.717, 1.165) is 51.4 Å². The van der Waals surface area contributed by atoms with Crippen LogP contribution in [0.3, 0.4) is 0 Å². The Morgan fingerprint density at radius 3 is 1.03 bits per heavy atom. The lowest BCUT2D eigenvalue weighted by atomic mass is 10.0. The molecule has 3 N–H and O–H groups in total. The van der Waals surface area contributed by atoms with Crippen LogP contribution in [0.4, 0.5) is 0 Å². The summed E-state index contributed by atoms with van der Waals surface area (Å²) in [6.07, 6.45) is 79.4. The second-order valence-electron chi connectivity index (χ2n) is 23.2. The highest BCUT2D eigenvalue weighted by molar-refractivity contribution is 5.76. The van der Waals surface area contributed by atoms with Crippen molar-refractivity contribution in [2.24, 2.45) is 0 Å². The van der Waals surface area contributed by atoms with Gasteiger partial charge in [0.15, 0.2) is 0 Å². The number of esters is 1. The van der Waals surface area contributed by atoms with Gasteiger partial charge in [0.1, 0.15) is 0 Å². The van der Waals surface area contributed by atoms with Crippen molar-refractivity contribution in [3.05, 3.63) is 24.3 Å². The third-order valence-electron chi connectivity index (χ3n) is 15.8. The van der Waals surface area contributed by atoms with Gasteiger partial charge >= 0.3 is 5.97 Å². The summed E-state index contributed by atoms with van der Waals surface area (Å²) in [5, 5.41) is 23.4. The summed E-state index contributed by atoms with van der Waals surface area (Å²) < 4.78 is 5.40. The van der Waals surface area contributed by atoms with Gasteiger partial charge in [-0.15, -0.1) is 0 Å². The Morgan fingerprint density at radius 2 is 0.676 bits per heavy atom. The fraction of sp³-hybridized carbons (Fsp3) is 0.912. The van der Waals surface area contributed by atoms with Crippen molar-refractivity contribution in [1.82, 2.24) is 5.32 Å². The van der Waals surface area contributed by atoms with Gasteiger partial charge in [-0.1, -0.05) is 340 Å². The Kier molecular flexibility index (Phi) is 62.4. The van der Waals surface area contributed by atoms with Crippen LogP contribution in [0.1, 0.15) is 373 Å². The van der Waals surface area contributed by atoms with Crippen LogP contribution in [0, 0.1) is 0 Å². The molecule has 0 aliphatic heterocycles. The fourth-order valence-electron chi connectivity index (χ4n) is 10.7. The first kappa shape index (κ1) is 72.3. The molecule has 0 heterocycles.